The molecule has 0 saturated carbocycles. The third-order valence-electron chi connectivity index (χ3n) is 3.12. The fourth-order valence-corrected chi connectivity index (χ4v) is 1.81. The second-order valence-corrected chi connectivity index (χ2v) is 5.47. The van der Waals surface area contributed by atoms with E-state index in [0.717, 1.165) is 38.0 Å². The Hall–Kier alpha value is -1.40. The van der Waals surface area contributed by atoms with Crippen LogP contribution in [0.1, 0.15) is 32.4 Å². The summed E-state index contributed by atoms with van der Waals surface area (Å²) < 4.78 is 0. The summed E-state index contributed by atoms with van der Waals surface area (Å²) in [6, 6.07) is 8.37. The molecule has 0 radical (unpaired) electrons. The molecule has 0 unspecified atom stereocenters. The standard InChI is InChI=1S/C15H23N3/c1-15(2,13-16)9-6-11-18(3)12-8-14-7-4-5-10-17-14/h4-5,7,10H,6,8-9,11-12H2,1-3H3. The fraction of sp³-hybridized carbons (Fsp3) is 0.600. The highest BCUT2D eigenvalue weighted by atomic mass is 15.1. The SMILES string of the molecule is CN(CCCC(C)(C)C#N)CCc1ccccn1. The van der Waals surface area contributed by atoms with E-state index in [1.807, 2.05) is 32.2 Å². The molecule has 1 heterocycles. The van der Waals surface area contributed by atoms with Gasteiger partial charge in [0.05, 0.1) is 11.5 Å². The molecule has 3 nitrogen and oxygen atoms in total. The Labute approximate surface area is 110 Å². The zero-order valence-corrected chi connectivity index (χ0v) is 11.7. The van der Waals surface area contributed by atoms with Crippen LogP contribution in [0.15, 0.2) is 24.4 Å². The maximum Gasteiger partial charge on any atom is 0.0683 e. The van der Waals surface area contributed by atoms with Crippen molar-refractivity contribution in [1.82, 2.24) is 9.88 Å². The smallest absolute Gasteiger partial charge is 0.0683 e. The molecular weight excluding hydrogens is 222 g/mol. The van der Waals surface area contributed by atoms with Crippen molar-refractivity contribution in [2.45, 2.75) is 33.1 Å². The topological polar surface area (TPSA) is 39.9 Å². The molecule has 3 heteroatoms. The predicted molar refractivity (Wildman–Crippen MR) is 74.1 cm³/mol. The van der Waals surface area contributed by atoms with Crippen LogP contribution in [0.4, 0.5) is 0 Å². The lowest BCUT2D eigenvalue weighted by Gasteiger charge is -2.19. The fourth-order valence-electron chi connectivity index (χ4n) is 1.81. The van der Waals surface area contributed by atoms with Gasteiger partial charge in [0.15, 0.2) is 0 Å². The van der Waals surface area contributed by atoms with Gasteiger partial charge in [-0.25, -0.2) is 0 Å². The maximum atomic E-state index is 8.94. The van der Waals surface area contributed by atoms with Crippen molar-refractivity contribution >= 4 is 0 Å². The lowest BCUT2D eigenvalue weighted by atomic mass is 9.90. The zero-order chi connectivity index (χ0) is 13.4. The molecule has 18 heavy (non-hydrogen) atoms. The molecule has 1 aromatic rings. The molecule has 0 fully saturated rings. The number of likely N-dealkylation sites (N-methyl/N-ethyl adjacent to an activating group) is 1. The first-order valence-electron chi connectivity index (χ1n) is 6.53. The Morgan fingerprint density at radius 3 is 2.72 bits per heavy atom. The highest BCUT2D eigenvalue weighted by Crippen LogP contribution is 2.20. The summed E-state index contributed by atoms with van der Waals surface area (Å²) in [7, 11) is 2.13. The van der Waals surface area contributed by atoms with Crippen molar-refractivity contribution < 1.29 is 0 Å². The van der Waals surface area contributed by atoms with Crippen molar-refractivity contribution in [2.75, 3.05) is 20.1 Å². The molecule has 0 aliphatic heterocycles. The third-order valence-corrected chi connectivity index (χ3v) is 3.12. The van der Waals surface area contributed by atoms with Crippen molar-refractivity contribution in [3.63, 3.8) is 0 Å². The Morgan fingerprint density at radius 1 is 1.33 bits per heavy atom. The summed E-state index contributed by atoms with van der Waals surface area (Å²) in [6.07, 6.45) is 4.85. The molecule has 0 N–H and O–H groups in total. The quantitative estimate of drug-likeness (QED) is 0.741. The van der Waals surface area contributed by atoms with Crippen LogP contribution in [0.5, 0.6) is 0 Å². The molecule has 0 spiro atoms. The molecular formula is C15H23N3. The van der Waals surface area contributed by atoms with E-state index in [9.17, 15) is 0 Å². The first-order chi connectivity index (χ1) is 8.53. The van der Waals surface area contributed by atoms with Crippen LogP contribution in [-0.2, 0) is 6.42 Å². The van der Waals surface area contributed by atoms with Crippen molar-refractivity contribution in [2.24, 2.45) is 5.41 Å². The summed E-state index contributed by atoms with van der Waals surface area (Å²) in [6.45, 7) is 6.06. The molecule has 0 aromatic carbocycles. The van der Waals surface area contributed by atoms with Crippen LogP contribution in [0.2, 0.25) is 0 Å². The van der Waals surface area contributed by atoms with Crippen LogP contribution in [-0.4, -0.2) is 30.0 Å². The molecule has 0 aliphatic rings. The Kier molecular flexibility index (Phi) is 5.80. The van der Waals surface area contributed by atoms with E-state index < -0.39 is 0 Å². The van der Waals surface area contributed by atoms with Gasteiger partial charge in [0.2, 0.25) is 0 Å². The average Bonchev–Trinajstić information content (AvgIpc) is 2.37. The largest absolute Gasteiger partial charge is 0.306 e. The van der Waals surface area contributed by atoms with Gasteiger partial charge in [0.25, 0.3) is 0 Å². The predicted octanol–water partition coefficient (Wildman–Crippen LogP) is 2.89. The highest BCUT2D eigenvalue weighted by Gasteiger charge is 2.15. The lowest BCUT2D eigenvalue weighted by Crippen LogP contribution is -2.24. The van der Waals surface area contributed by atoms with Gasteiger partial charge in [-0.3, -0.25) is 4.98 Å². The van der Waals surface area contributed by atoms with Crippen molar-refractivity contribution in [3.05, 3.63) is 30.1 Å². The normalized spacial score (nSPS) is 11.5. The highest BCUT2D eigenvalue weighted by molar-refractivity contribution is 5.03. The monoisotopic (exact) mass is 245 g/mol. The second kappa shape index (κ2) is 7.13. The van der Waals surface area contributed by atoms with Crippen LogP contribution >= 0.6 is 0 Å². The van der Waals surface area contributed by atoms with E-state index in [0.29, 0.717) is 0 Å². The first-order valence-corrected chi connectivity index (χ1v) is 6.53. The molecule has 0 atom stereocenters. The van der Waals surface area contributed by atoms with E-state index in [-0.39, 0.29) is 5.41 Å². The van der Waals surface area contributed by atoms with Gasteiger partial charge in [0, 0.05) is 24.9 Å². The summed E-state index contributed by atoms with van der Waals surface area (Å²) >= 11 is 0. The summed E-state index contributed by atoms with van der Waals surface area (Å²) in [5.74, 6) is 0. The van der Waals surface area contributed by atoms with E-state index in [1.165, 1.54) is 0 Å². The minimum absolute atomic E-state index is 0.193. The number of nitrogens with zero attached hydrogens (tertiary/aromatic N) is 3. The third kappa shape index (κ3) is 5.79. The van der Waals surface area contributed by atoms with Crippen LogP contribution in [0.25, 0.3) is 0 Å². The number of hydrogen-bond acceptors (Lipinski definition) is 3. The van der Waals surface area contributed by atoms with Crippen LogP contribution in [0, 0.1) is 16.7 Å². The number of hydrogen-bond donors (Lipinski definition) is 0. The Balaban J connectivity index is 2.19. The number of nitriles is 1. The molecule has 1 rings (SSSR count). The Morgan fingerprint density at radius 2 is 2.11 bits per heavy atom. The number of aromatic nitrogens is 1. The minimum Gasteiger partial charge on any atom is -0.306 e. The lowest BCUT2D eigenvalue weighted by molar-refractivity contribution is 0.306. The molecule has 0 aliphatic carbocycles. The van der Waals surface area contributed by atoms with Gasteiger partial charge in [-0.2, -0.15) is 5.26 Å². The number of pyridine rings is 1. The Bertz CT molecular complexity index is 378. The molecule has 98 valence electrons. The van der Waals surface area contributed by atoms with Gasteiger partial charge in [-0.15, -0.1) is 0 Å². The van der Waals surface area contributed by atoms with E-state index in [1.54, 1.807) is 0 Å². The van der Waals surface area contributed by atoms with E-state index >= 15 is 0 Å². The average molecular weight is 245 g/mol. The number of rotatable bonds is 7. The van der Waals surface area contributed by atoms with Crippen molar-refractivity contribution in [3.8, 4) is 6.07 Å². The summed E-state index contributed by atoms with van der Waals surface area (Å²) in [5.41, 5.74) is 0.948. The molecule has 0 saturated heterocycles. The summed E-state index contributed by atoms with van der Waals surface area (Å²) in [5, 5.41) is 8.94. The first kappa shape index (κ1) is 14.7. The van der Waals surface area contributed by atoms with Gasteiger partial charge in [-0.05, 0) is 52.4 Å². The van der Waals surface area contributed by atoms with Gasteiger partial charge in [0.1, 0.15) is 0 Å². The minimum atomic E-state index is -0.193. The van der Waals surface area contributed by atoms with Gasteiger partial charge >= 0.3 is 0 Å². The maximum absolute atomic E-state index is 8.94. The van der Waals surface area contributed by atoms with E-state index in [4.69, 9.17) is 5.26 Å². The van der Waals surface area contributed by atoms with Crippen molar-refractivity contribution in [1.29, 1.82) is 5.26 Å². The zero-order valence-electron chi connectivity index (χ0n) is 11.7. The second-order valence-electron chi connectivity index (χ2n) is 5.47. The molecule has 0 amide bonds. The van der Waals surface area contributed by atoms with Crippen LogP contribution < -0.4 is 0 Å². The molecule has 0 bridgehead atoms. The molecule has 1 aromatic heterocycles. The summed E-state index contributed by atoms with van der Waals surface area (Å²) in [4.78, 5) is 6.62. The van der Waals surface area contributed by atoms with Crippen LogP contribution in [0.3, 0.4) is 0 Å². The van der Waals surface area contributed by atoms with Gasteiger partial charge < -0.3 is 4.90 Å². The van der Waals surface area contributed by atoms with E-state index in [2.05, 4.69) is 29.1 Å². The van der Waals surface area contributed by atoms with Gasteiger partial charge in [-0.1, -0.05) is 6.07 Å².